The van der Waals surface area contributed by atoms with Gasteiger partial charge in [0.2, 0.25) is 11.8 Å². The van der Waals surface area contributed by atoms with E-state index in [0.717, 1.165) is 16.0 Å². The number of aryl methyl sites for hydroxylation is 1. The molecule has 8 heteroatoms. The van der Waals surface area contributed by atoms with Crippen LogP contribution in [0.15, 0.2) is 82.6 Å². The molecule has 1 heterocycles. The number of anilines is 2. The van der Waals surface area contributed by atoms with Gasteiger partial charge < -0.3 is 0 Å². The predicted molar refractivity (Wildman–Crippen MR) is 136 cm³/mol. The van der Waals surface area contributed by atoms with Crippen LogP contribution in [0.3, 0.4) is 0 Å². The molecule has 1 saturated heterocycles. The van der Waals surface area contributed by atoms with Gasteiger partial charge in [-0.3, -0.25) is 14.3 Å². The Morgan fingerprint density at radius 2 is 1.53 bits per heavy atom. The number of thioether (sulfide) groups is 1. The molecule has 2 amide bonds. The van der Waals surface area contributed by atoms with Crippen molar-refractivity contribution in [3.05, 3.63) is 83.9 Å². The Hall–Kier alpha value is -3.10. The van der Waals surface area contributed by atoms with Crippen molar-refractivity contribution in [1.29, 1.82) is 0 Å². The maximum Gasteiger partial charge on any atom is 0.261 e. The Bertz CT molecular complexity index is 1300. The zero-order valence-electron chi connectivity index (χ0n) is 19.2. The van der Waals surface area contributed by atoms with E-state index in [-0.39, 0.29) is 23.1 Å². The number of hydrogen-bond acceptors (Lipinski definition) is 5. The van der Waals surface area contributed by atoms with Crippen LogP contribution in [0.25, 0.3) is 0 Å². The summed E-state index contributed by atoms with van der Waals surface area (Å²) < 4.78 is 27.7. The molecule has 176 valence electrons. The maximum atomic E-state index is 13.0. The molecule has 3 aromatic rings. The summed E-state index contributed by atoms with van der Waals surface area (Å²) in [4.78, 5) is 27.8. The zero-order chi connectivity index (χ0) is 24.5. The molecule has 0 aromatic heterocycles. The van der Waals surface area contributed by atoms with E-state index >= 15 is 0 Å². The fourth-order valence-corrected chi connectivity index (χ4v) is 5.79. The molecule has 0 spiro atoms. The Morgan fingerprint density at radius 1 is 0.912 bits per heavy atom. The van der Waals surface area contributed by atoms with Gasteiger partial charge >= 0.3 is 0 Å². The second-order valence-electron chi connectivity index (χ2n) is 8.57. The van der Waals surface area contributed by atoms with E-state index in [0.29, 0.717) is 17.3 Å². The molecule has 34 heavy (non-hydrogen) atoms. The topological polar surface area (TPSA) is 83.6 Å². The fourth-order valence-electron chi connectivity index (χ4n) is 3.67. The number of hydrogen-bond donors (Lipinski definition) is 1. The minimum atomic E-state index is -3.69. The van der Waals surface area contributed by atoms with E-state index < -0.39 is 15.3 Å². The molecular weight excluding hydrogens is 468 g/mol. The summed E-state index contributed by atoms with van der Waals surface area (Å²) in [6, 6.07) is 20.9. The highest BCUT2D eigenvalue weighted by atomic mass is 32.2. The monoisotopic (exact) mass is 494 g/mol. The van der Waals surface area contributed by atoms with Crippen LogP contribution in [0.1, 0.15) is 37.3 Å². The van der Waals surface area contributed by atoms with Crippen molar-refractivity contribution < 1.29 is 18.0 Å². The molecule has 0 aliphatic carbocycles. The Labute approximate surface area is 204 Å². The highest BCUT2D eigenvalue weighted by molar-refractivity contribution is 8.00. The summed E-state index contributed by atoms with van der Waals surface area (Å²) in [6.45, 7) is 6.07. The first-order valence-electron chi connectivity index (χ1n) is 11.0. The lowest BCUT2D eigenvalue weighted by Gasteiger charge is -2.16. The van der Waals surface area contributed by atoms with E-state index in [1.165, 1.54) is 16.7 Å². The van der Waals surface area contributed by atoms with Gasteiger partial charge in [-0.05, 0) is 66.9 Å². The van der Waals surface area contributed by atoms with Gasteiger partial charge in [-0.15, -0.1) is 11.8 Å². The third kappa shape index (κ3) is 5.18. The zero-order valence-corrected chi connectivity index (χ0v) is 20.8. The van der Waals surface area contributed by atoms with Gasteiger partial charge in [-0.25, -0.2) is 13.3 Å². The van der Waals surface area contributed by atoms with E-state index in [1.807, 2.05) is 31.2 Å². The van der Waals surface area contributed by atoms with Gasteiger partial charge in [0.05, 0.1) is 15.8 Å². The smallest absolute Gasteiger partial charge is 0.261 e. The molecule has 4 rings (SSSR count). The molecular formula is C26H26N2O4S2. The summed E-state index contributed by atoms with van der Waals surface area (Å²) in [5, 5.41) is -0.521. The molecule has 0 bridgehead atoms. The normalized spacial score (nSPS) is 16.4. The number of rotatable bonds is 7. The highest BCUT2D eigenvalue weighted by Crippen LogP contribution is 2.35. The molecule has 1 atom stereocenters. The van der Waals surface area contributed by atoms with Gasteiger partial charge in [0.25, 0.3) is 10.0 Å². The number of imide groups is 1. The SMILES string of the molecule is Cc1ccc(S(=O)(=O)Nc2ccc(SC3CC(=O)N(c4ccc(C(C)C)cc4)C3=O)cc2)cc1. The number of benzene rings is 3. The number of sulfonamides is 1. The lowest BCUT2D eigenvalue weighted by molar-refractivity contribution is -0.121. The van der Waals surface area contributed by atoms with Crippen molar-refractivity contribution in [2.45, 2.75) is 48.2 Å². The van der Waals surface area contributed by atoms with Gasteiger partial charge in [0, 0.05) is 17.0 Å². The average molecular weight is 495 g/mol. The van der Waals surface area contributed by atoms with Crippen LogP contribution >= 0.6 is 11.8 Å². The number of nitrogens with zero attached hydrogens (tertiary/aromatic N) is 1. The molecule has 3 aromatic carbocycles. The van der Waals surface area contributed by atoms with E-state index in [9.17, 15) is 18.0 Å². The summed E-state index contributed by atoms with van der Waals surface area (Å²) in [6.07, 6.45) is 0.122. The maximum absolute atomic E-state index is 13.0. The third-order valence-corrected chi connectivity index (χ3v) is 8.23. The van der Waals surface area contributed by atoms with Crippen molar-refractivity contribution in [2.75, 3.05) is 9.62 Å². The second kappa shape index (κ2) is 9.64. The van der Waals surface area contributed by atoms with E-state index in [2.05, 4.69) is 18.6 Å². The fraction of sp³-hybridized carbons (Fsp3) is 0.231. The molecule has 6 nitrogen and oxygen atoms in total. The van der Waals surface area contributed by atoms with Crippen molar-refractivity contribution in [1.82, 2.24) is 0 Å². The summed E-state index contributed by atoms with van der Waals surface area (Å²) >= 11 is 1.30. The van der Waals surface area contributed by atoms with Crippen molar-refractivity contribution in [3.63, 3.8) is 0 Å². The standard InChI is InChI=1S/C26H26N2O4S2/c1-17(2)19-6-10-21(11-7-19)28-25(29)16-24(26(28)30)33-22-12-8-20(9-13-22)27-34(31,32)23-14-4-18(3)5-15-23/h4-15,17,24,27H,16H2,1-3H3. The first kappa shape index (κ1) is 24.0. The Balaban J connectivity index is 1.42. The van der Waals surface area contributed by atoms with Crippen molar-refractivity contribution in [3.8, 4) is 0 Å². The highest BCUT2D eigenvalue weighted by Gasteiger charge is 2.40. The average Bonchev–Trinajstić information content (AvgIpc) is 3.08. The van der Waals surface area contributed by atoms with Crippen LogP contribution in [-0.4, -0.2) is 25.5 Å². The minimum absolute atomic E-state index is 0.122. The Morgan fingerprint density at radius 3 is 2.12 bits per heavy atom. The van der Waals surface area contributed by atoms with Gasteiger partial charge in [0.1, 0.15) is 0 Å². The van der Waals surface area contributed by atoms with Crippen molar-refractivity contribution >= 4 is 45.0 Å². The second-order valence-corrected chi connectivity index (χ2v) is 11.5. The molecule has 1 unspecified atom stereocenters. The molecule has 1 fully saturated rings. The first-order valence-corrected chi connectivity index (χ1v) is 13.3. The Kier molecular flexibility index (Phi) is 6.81. The van der Waals surface area contributed by atoms with Gasteiger partial charge in [-0.1, -0.05) is 43.7 Å². The quantitative estimate of drug-likeness (QED) is 0.448. The van der Waals surface area contributed by atoms with Gasteiger partial charge in [-0.2, -0.15) is 0 Å². The molecule has 1 aliphatic heterocycles. The summed E-state index contributed by atoms with van der Waals surface area (Å²) in [5.74, 6) is -0.0922. The predicted octanol–water partition coefficient (Wildman–Crippen LogP) is 5.34. The molecule has 1 N–H and O–H groups in total. The number of nitrogens with one attached hydrogen (secondary N) is 1. The molecule has 1 aliphatic rings. The van der Waals surface area contributed by atoms with Gasteiger partial charge in [0.15, 0.2) is 0 Å². The summed E-state index contributed by atoms with van der Waals surface area (Å²) in [7, 11) is -3.69. The third-order valence-electron chi connectivity index (χ3n) is 5.64. The van der Waals surface area contributed by atoms with Crippen LogP contribution < -0.4 is 9.62 Å². The van der Waals surface area contributed by atoms with Crippen LogP contribution in [0.5, 0.6) is 0 Å². The van der Waals surface area contributed by atoms with Crippen LogP contribution in [0.4, 0.5) is 11.4 Å². The van der Waals surface area contributed by atoms with Crippen molar-refractivity contribution in [2.24, 2.45) is 0 Å². The summed E-state index contributed by atoms with van der Waals surface area (Å²) in [5.41, 5.74) is 3.13. The number of carbonyl (C=O) groups excluding carboxylic acids is 2. The lowest BCUT2D eigenvalue weighted by atomic mass is 10.0. The largest absolute Gasteiger partial charge is 0.280 e. The lowest BCUT2D eigenvalue weighted by Crippen LogP contribution is -2.31. The molecule has 0 saturated carbocycles. The first-order chi connectivity index (χ1) is 16.1. The van der Waals surface area contributed by atoms with Crippen LogP contribution in [-0.2, 0) is 19.6 Å². The van der Waals surface area contributed by atoms with Crippen LogP contribution in [0.2, 0.25) is 0 Å². The van der Waals surface area contributed by atoms with Crippen LogP contribution in [0, 0.1) is 6.92 Å². The minimum Gasteiger partial charge on any atom is -0.280 e. The number of amides is 2. The molecule has 0 radical (unpaired) electrons. The van der Waals surface area contributed by atoms with E-state index in [1.54, 1.807) is 48.5 Å². The van der Waals surface area contributed by atoms with E-state index in [4.69, 9.17) is 0 Å². The number of carbonyl (C=O) groups is 2.